The van der Waals surface area contributed by atoms with Gasteiger partial charge in [-0.25, -0.2) is 4.79 Å². The summed E-state index contributed by atoms with van der Waals surface area (Å²) in [6.07, 6.45) is -14.1. The Morgan fingerprint density at radius 1 is 0.754 bits per heavy atom. The normalized spacial score (nSPS) is 29.4. The topological polar surface area (TPSA) is 390 Å². The van der Waals surface area contributed by atoms with Crippen molar-refractivity contribution in [2.24, 2.45) is 11.5 Å². The molecule has 2 saturated heterocycles. The van der Waals surface area contributed by atoms with Crippen LogP contribution in [0.2, 0.25) is 0 Å². The maximum atomic E-state index is 13.4. The molecule has 2 aliphatic rings. The molecule has 2 aliphatic heterocycles. The highest BCUT2D eigenvalue weighted by molar-refractivity contribution is 5.92. The molecular weight excluding hydrogens is 766 g/mol. The second kappa shape index (κ2) is 23.3. The zero-order chi connectivity index (χ0) is 43.1. The second-order valence-electron chi connectivity index (χ2n) is 13.7. The number of carbonyl (C=O) groups is 7. The lowest BCUT2D eigenvalue weighted by molar-refractivity contribution is -0.333. The Kier molecular flexibility index (Phi) is 20.1. The summed E-state index contributed by atoms with van der Waals surface area (Å²) in [6, 6.07) is -6.93. The molecule has 24 heteroatoms. The first kappa shape index (κ1) is 49.0. The largest absolute Gasteiger partial charge is 0.480 e. The third-order valence-electron chi connectivity index (χ3n) is 9.14. The van der Waals surface area contributed by atoms with Crippen LogP contribution in [-0.4, -0.2) is 177 Å². The summed E-state index contributed by atoms with van der Waals surface area (Å²) >= 11 is 0. The van der Waals surface area contributed by atoms with Crippen LogP contribution in [0.4, 0.5) is 0 Å². The minimum absolute atomic E-state index is 0.125. The van der Waals surface area contributed by atoms with Crippen molar-refractivity contribution in [1.82, 2.24) is 26.6 Å². The van der Waals surface area contributed by atoms with Crippen molar-refractivity contribution in [1.29, 1.82) is 0 Å². The summed E-state index contributed by atoms with van der Waals surface area (Å²) in [5.74, 6) is -6.25. The molecule has 0 radical (unpaired) electrons. The van der Waals surface area contributed by atoms with E-state index >= 15 is 0 Å². The number of carboxylic acid groups (broad SMARTS) is 1. The first-order chi connectivity index (χ1) is 26.7. The van der Waals surface area contributed by atoms with E-state index in [4.69, 9.17) is 30.4 Å². The van der Waals surface area contributed by atoms with E-state index in [1.807, 2.05) is 0 Å². The summed E-state index contributed by atoms with van der Waals surface area (Å²) in [5, 5.41) is 73.1. The molecule has 24 nitrogen and oxygen atoms in total. The summed E-state index contributed by atoms with van der Waals surface area (Å²) in [6.45, 7) is 3.36. The summed E-state index contributed by atoms with van der Waals surface area (Å²) in [4.78, 5) is 86.7. The van der Waals surface area contributed by atoms with Crippen molar-refractivity contribution in [3.8, 4) is 0 Å². The lowest BCUT2D eigenvalue weighted by atomic mass is 9.94. The Morgan fingerprint density at radius 2 is 1.37 bits per heavy atom. The van der Waals surface area contributed by atoms with Gasteiger partial charge in [-0.3, -0.25) is 28.8 Å². The van der Waals surface area contributed by atoms with Crippen LogP contribution in [0, 0.1) is 0 Å². The number of aliphatic hydroxyl groups excluding tert-OH is 5. The van der Waals surface area contributed by atoms with Crippen LogP contribution >= 0.6 is 0 Å². The predicted molar refractivity (Wildman–Crippen MR) is 191 cm³/mol. The van der Waals surface area contributed by atoms with Gasteiger partial charge in [0.05, 0.1) is 13.2 Å². The van der Waals surface area contributed by atoms with Crippen molar-refractivity contribution >= 4 is 41.4 Å². The second-order valence-corrected chi connectivity index (χ2v) is 13.7. The number of amides is 6. The summed E-state index contributed by atoms with van der Waals surface area (Å²) < 4.78 is 23.1. The molecule has 0 aromatic carbocycles. The third kappa shape index (κ3) is 14.7. The van der Waals surface area contributed by atoms with Gasteiger partial charge in [-0.2, -0.15) is 0 Å². The number of primary amides is 1. The lowest BCUT2D eigenvalue weighted by Gasteiger charge is -2.48. The number of ether oxygens (including phenoxy) is 4. The Labute approximate surface area is 327 Å². The standard InChI is InChI=1S/C33H57N7O17/c1-13(29(49)40-17(28(35)48)8-9-21(45)39-18(31(51)52)7-5-6-10-34)36-30(50)14(2)54-27-23(38-16(4)44)32(53)55-20(12-42)26(27)57-33-22(37-15(3)43)25(47)24(46)19(11-41)56-33/h13-14,17-20,22-27,32-33,41-42,46-47,53H,5-12,34H2,1-4H3,(H2,35,48)(H,36,50)(H,37,43)(H,38,44)(H,39,45)(H,40,49)(H,51,52). The average Bonchev–Trinajstić information content (AvgIpc) is 3.13. The Morgan fingerprint density at radius 3 is 1.91 bits per heavy atom. The van der Waals surface area contributed by atoms with E-state index in [9.17, 15) is 64.2 Å². The van der Waals surface area contributed by atoms with Crippen LogP contribution in [0.5, 0.6) is 0 Å². The molecule has 0 bridgehead atoms. The third-order valence-corrected chi connectivity index (χ3v) is 9.14. The summed E-state index contributed by atoms with van der Waals surface area (Å²) in [5.41, 5.74) is 10.8. The number of nitrogens with two attached hydrogens (primary N) is 2. The van der Waals surface area contributed by atoms with E-state index in [2.05, 4.69) is 26.6 Å². The van der Waals surface area contributed by atoms with Crippen LogP contribution in [0.25, 0.3) is 0 Å². The highest BCUT2D eigenvalue weighted by atomic mass is 16.7. The van der Waals surface area contributed by atoms with Crippen molar-refractivity contribution in [2.75, 3.05) is 19.8 Å². The number of nitrogens with one attached hydrogen (secondary N) is 5. The molecule has 2 rings (SSSR count). The zero-order valence-corrected chi connectivity index (χ0v) is 32.1. The monoisotopic (exact) mass is 823 g/mol. The minimum atomic E-state index is -1.86. The van der Waals surface area contributed by atoms with Gasteiger partial charge in [-0.05, 0) is 46.1 Å². The van der Waals surface area contributed by atoms with Crippen molar-refractivity contribution < 1.29 is 83.1 Å². The fraction of sp³-hybridized carbons (Fsp3) is 0.788. The van der Waals surface area contributed by atoms with Crippen LogP contribution in [0.3, 0.4) is 0 Å². The van der Waals surface area contributed by atoms with Crippen LogP contribution in [-0.2, 0) is 52.5 Å². The van der Waals surface area contributed by atoms with Gasteiger partial charge in [0.25, 0.3) is 0 Å². The van der Waals surface area contributed by atoms with Gasteiger partial charge >= 0.3 is 5.97 Å². The van der Waals surface area contributed by atoms with Crippen LogP contribution in [0.1, 0.15) is 59.8 Å². The molecule has 0 spiro atoms. The molecule has 0 aliphatic carbocycles. The number of hydrogen-bond acceptors (Lipinski definition) is 17. The van der Waals surface area contributed by atoms with E-state index in [1.165, 1.54) is 13.8 Å². The molecule has 0 aromatic rings. The van der Waals surface area contributed by atoms with E-state index in [1.54, 1.807) is 0 Å². The molecule has 0 aromatic heterocycles. The van der Waals surface area contributed by atoms with E-state index in [0.717, 1.165) is 13.8 Å². The summed E-state index contributed by atoms with van der Waals surface area (Å²) in [7, 11) is 0. The molecule has 57 heavy (non-hydrogen) atoms. The van der Waals surface area contributed by atoms with Gasteiger partial charge in [-0.15, -0.1) is 0 Å². The fourth-order valence-corrected chi connectivity index (χ4v) is 6.09. The number of rotatable bonds is 22. The minimum Gasteiger partial charge on any atom is -0.480 e. The number of carboxylic acids is 1. The van der Waals surface area contributed by atoms with Gasteiger partial charge in [0.1, 0.15) is 72.9 Å². The SMILES string of the molecule is CC(=O)NC1C(OC2C(CO)OC(O)C(NC(C)=O)C2OC(C)C(=O)NC(C)C(=O)NC(CCC(=O)NC(CCCCN)C(=O)O)C(N)=O)OC(CO)C(O)C1O. The first-order valence-corrected chi connectivity index (χ1v) is 18.3. The Bertz CT molecular complexity index is 1390. The maximum absolute atomic E-state index is 13.4. The Balaban J connectivity index is 2.22. The highest BCUT2D eigenvalue weighted by Gasteiger charge is 2.53. The molecule has 2 fully saturated rings. The smallest absolute Gasteiger partial charge is 0.326 e. The van der Waals surface area contributed by atoms with Gasteiger partial charge < -0.3 is 87.6 Å². The molecule has 14 unspecified atom stereocenters. The predicted octanol–water partition coefficient (Wildman–Crippen LogP) is -6.74. The van der Waals surface area contributed by atoms with Crippen LogP contribution < -0.4 is 38.1 Å². The number of aliphatic carboxylic acids is 1. The fourth-order valence-electron chi connectivity index (χ4n) is 6.09. The van der Waals surface area contributed by atoms with Crippen LogP contribution in [0.15, 0.2) is 0 Å². The molecule has 0 saturated carbocycles. The number of hydrogen-bond donors (Lipinski definition) is 13. The van der Waals surface area contributed by atoms with Crippen molar-refractivity contribution in [2.45, 2.75) is 145 Å². The zero-order valence-electron chi connectivity index (χ0n) is 32.1. The van der Waals surface area contributed by atoms with Gasteiger partial charge in [0.15, 0.2) is 12.6 Å². The lowest BCUT2D eigenvalue weighted by Crippen LogP contribution is -2.70. The van der Waals surface area contributed by atoms with E-state index in [0.29, 0.717) is 19.4 Å². The molecule has 15 N–H and O–H groups in total. The molecule has 2 heterocycles. The van der Waals surface area contributed by atoms with Gasteiger partial charge in [0.2, 0.25) is 35.4 Å². The van der Waals surface area contributed by atoms with Gasteiger partial charge in [-0.1, -0.05) is 0 Å². The quantitative estimate of drug-likeness (QED) is 0.0451. The number of carbonyl (C=O) groups excluding carboxylic acids is 6. The molecule has 6 amide bonds. The van der Waals surface area contributed by atoms with E-state index < -0.39 is 140 Å². The van der Waals surface area contributed by atoms with Gasteiger partial charge in [0, 0.05) is 20.3 Å². The molecular formula is C33H57N7O17. The number of unbranched alkanes of at least 4 members (excludes halogenated alkanes) is 1. The average molecular weight is 824 g/mol. The first-order valence-electron chi connectivity index (χ1n) is 18.3. The van der Waals surface area contributed by atoms with Crippen molar-refractivity contribution in [3.63, 3.8) is 0 Å². The number of aliphatic hydroxyl groups is 5. The van der Waals surface area contributed by atoms with Crippen molar-refractivity contribution in [3.05, 3.63) is 0 Å². The molecule has 326 valence electrons. The van der Waals surface area contributed by atoms with E-state index in [-0.39, 0.29) is 19.3 Å². The Hall–Kier alpha value is -4.11. The highest BCUT2D eigenvalue weighted by Crippen LogP contribution is 2.31. The maximum Gasteiger partial charge on any atom is 0.326 e. The molecule has 14 atom stereocenters.